The highest BCUT2D eigenvalue weighted by atomic mass is 32.2. The van der Waals surface area contributed by atoms with Crippen molar-refractivity contribution in [1.82, 2.24) is 4.90 Å². The molecule has 2 fully saturated rings. The maximum absolute atomic E-state index is 12.8. The fourth-order valence-electron chi connectivity index (χ4n) is 3.16. The van der Waals surface area contributed by atoms with Crippen molar-refractivity contribution in [3.63, 3.8) is 0 Å². The summed E-state index contributed by atoms with van der Waals surface area (Å²) in [4.78, 5) is 14.9. The second-order valence-corrected chi connectivity index (χ2v) is 7.65. The van der Waals surface area contributed by atoms with Gasteiger partial charge in [0.25, 0.3) is 0 Å². The van der Waals surface area contributed by atoms with E-state index in [1.807, 2.05) is 11.8 Å². The Hall–Kier alpha value is -0.220. The SMILES string of the molecule is CC1CCC(CN)(C(=O)N2CCSC(C)C2)CC1. The standard InChI is InChI=1S/C14H26N2OS/c1-11-3-5-14(10-15,6-4-11)13(17)16-7-8-18-12(2)9-16/h11-12H,3-10,15H2,1-2H3. The van der Waals surface area contributed by atoms with Gasteiger partial charge >= 0.3 is 0 Å². The first kappa shape index (κ1) is 14.2. The molecule has 1 amide bonds. The van der Waals surface area contributed by atoms with Crippen LogP contribution in [0.15, 0.2) is 0 Å². The number of carbonyl (C=O) groups is 1. The Labute approximate surface area is 115 Å². The molecule has 1 heterocycles. The number of hydrogen-bond acceptors (Lipinski definition) is 3. The highest BCUT2D eigenvalue weighted by Gasteiger charge is 2.42. The van der Waals surface area contributed by atoms with Crippen LogP contribution in [0.5, 0.6) is 0 Å². The first-order valence-electron chi connectivity index (χ1n) is 7.18. The minimum absolute atomic E-state index is 0.242. The third kappa shape index (κ3) is 2.85. The Bertz CT molecular complexity index is 300. The van der Waals surface area contributed by atoms with Crippen LogP contribution in [0.1, 0.15) is 39.5 Å². The molecule has 0 aromatic rings. The van der Waals surface area contributed by atoms with Crippen LogP contribution in [0.4, 0.5) is 0 Å². The third-order valence-electron chi connectivity index (χ3n) is 4.60. The van der Waals surface area contributed by atoms with Gasteiger partial charge in [-0.1, -0.05) is 13.8 Å². The molecule has 0 aromatic carbocycles. The molecule has 2 N–H and O–H groups in total. The molecule has 1 unspecified atom stereocenters. The summed E-state index contributed by atoms with van der Waals surface area (Å²) in [5.41, 5.74) is 5.73. The largest absolute Gasteiger partial charge is 0.340 e. The fraction of sp³-hybridized carbons (Fsp3) is 0.929. The van der Waals surface area contributed by atoms with E-state index in [0.717, 1.165) is 50.4 Å². The summed E-state index contributed by atoms with van der Waals surface area (Å²) in [6.07, 6.45) is 4.28. The Balaban J connectivity index is 2.05. The van der Waals surface area contributed by atoms with Gasteiger partial charge in [-0.25, -0.2) is 0 Å². The second kappa shape index (κ2) is 5.83. The van der Waals surface area contributed by atoms with Gasteiger partial charge in [-0.2, -0.15) is 11.8 Å². The van der Waals surface area contributed by atoms with Crippen molar-refractivity contribution < 1.29 is 4.79 Å². The second-order valence-electron chi connectivity index (χ2n) is 6.10. The minimum atomic E-state index is -0.242. The number of hydrogen-bond donors (Lipinski definition) is 1. The Morgan fingerprint density at radius 1 is 1.39 bits per heavy atom. The van der Waals surface area contributed by atoms with Crippen LogP contribution in [-0.4, -0.2) is 41.4 Å². The van der Waals surface area contributed by atoms with E-state index >= 15 is 0 Å². The quantitative estimate of drug-likeness (QED) is 0.836. The van der Waals surface area contributed by atoms with Crippen molar-refractivity contribution in [3.8, 4) is 0 Å². The van der Waals surface area contributed by atoms with Gasteiger partial charge in [0.1, 0.15) is 0 Å². The van der Waals surface area contributed by atoms with Gasteiger partial charge in [-0.05, 0) is 31.6 Å². The molecule has 1 aliphatic heterocycles. The average Bonchev–Trinajstić information content (AvgIpc) is 2.39. The van der Waals surface area contributed by atoms with E-state index in [4.69, 9.17) is 5.73 Å². The molecule has 3 nitrogen and oxygen atoms in total. The number of carbonyl (C=O) groups excluding carboxylic acids is 1. The van der Waals surface area contributed by atoms with E-state index in [1.165, 1.54) is 0 Å². The van der Waals surface area contributed by atoms with Gasteiger partial charge in [-0.15, -0.1) is 0 Å². The molecule has 18 heavy (non-hydrogen) atoms. The zero-order valence-electron chi connectivity index (χ0n) is 11.7. The molecule has 4 heteroatoms. The molecule has 1 atom stereocenters. The van der Waals surface area contributed by atoms with Crippen molar-refractivity contribution in [2.24, 2.45) is 17.1 Å². The van der Waals surface area contributed by atoms with Crippen LogP contribution in [0.25, 0.3) is 0 Å². The zero-order chi connectivity index (χ0) is 13.2. The number of amides is 1. The van der Waals surface area contributed by atoms with Crippen molar-refractivity contribution in [2.45, 2.75) is 44.8 Å². The van der Waals surface area contributed by atoms with Gasteiger partial charge in [0, 0.05) is 30.6 Å². The van der Waals surface area contributed by atoms with Gasteiger partial charge in [0.2, 0.25) is 5.91 Å². The van der Waals surface area contributed by atoms with Gasteiger partial charge in [0.15, 0.2) is 0 Å². The summed E-state index contributed by atoms with van der Waals surface area (Å²) >= 11 is 1.97. The molecule has 2 rings (SSSR count). The summed E-state index contributed by atoms with van der Waals surface area (Å²) in [6.45, 7) is 6.83. The highest BCUT2D eigenvalue weighted by molar-refractivity contribution is 7.99. The van der Waals surface area contributed by atoms with Crippen LogP contribution in [0, 0.1) is 11.3 Å². The molecule has 0 radical (unpaired) electrons. The van der Waals surface area contributed by atoms with Crippen molar-refractivity contribution in [1.29, 1.82) is 0 Å². The monoisotopic (exact) mass is 270 g/mol. The van der Waals surface area contributed by atoms with Gasteiger partial charge in [0.05, 0.1) is 5.41 Å². The smallest absolute Gasteiger partial charge is 0.230 e. The van der Waals surface area contributed by atoms with Crippen LogP contribution >= 0.6 is 11.8 Å². The molecule has 2 aliphatic rings. The Kier molecular flexibility index (Phi) is 4.59. The van der Waals surface area contributed by atoms with Crippen LogP contribution in [0.2, 0.25) is 0 Å². The first-order chi connectivity index (χ1) is 8.57. The van der Waals surface area contributed by atoms with Crippen LogP contribution < -0.4 is 5.73 Å². The number of rotatable bonds is 2. The summed E-state index contributed by atoms with van der Waals surface area (Å²) in [6, 6.07) is 0. The molecule has 0 spiro atoms. The van der Waals surface area contributed by atoms with E-state index in [-0.39, 0.29) is 5.41 Å². The maximum Gasteiger partial charge on any atom is 0.230 e. The van der Waals surface area contributed by atoms with E-state index in [1.54, 1.807) is 0 Å². The Morgan fingerprint density at radius 3 is 2.61 bits per heavy atom. The first-order valence-corrected chi connectivity index (χ1v) is 8.23. The molecule has 0 aromatic heterocycles. The third-order valence-corrected chi connectivity index (χ3v) is 5.74. The number of nitrogens with zero attached hydrogens (tertiary/aromatic N) is 1. The lowest BCUT2D eigenvalue weighted by Gasteiger charge is -2.42. The molecular formula is C14H26N2OS. The number of nitrogens with two attached hydrogens (primary N) is 1. The van der Waals surface area contributed by atoms with Crippen molar-refractivity contribution in [2.75, 3.05) is 25.4 Å². The molecule has 1 saturated carbocycles. The molecule has 1 saturated heterocycles. The summed E-state index contributed by atoms with van der Waals surface area (Å²) in [7, 11) is 0. The highest BCUT2D eigenvalue weighted by Crippen LogP contribution is 2.40. The Morgan fingerprint density at radius 2 is 2.06 bits per heavy atom. The molecule has 0 bridgehead atoms. The van der Waals surface area contributed by atoms with Crippen LogP contribution in [0.3, 0.4) is 0 Å². The molecule has 1 aliphatic carbocycles. The minimum Gasteiger partial charge on any atom is -0.340 e. The topological polar surface area (TPSA) is 46.3 Å². The lowest BCUT2D eigenvalue weighted by molar-refractivity contribution is -0.144. The van der Waals surface area contributed by atoms with Crippen molar-refractivity contribution >= 4 is 17.7 Å². The summed E-state index contributed by atoms with van der Waals surface area (Å²) in [5, 5.41) is 0.569. The van der Waals surface area contributed by atoms with E-state index in [0.29, 0.717) is 17.7 Å². The zero-order valence-corrected chi connectivity index (χ0v) is 12.5. The van der Waals surface area contributed by atoms with Crippen molar-refractivity contribution in [3.05, 3.63) is 0 Å². The van der Waals surface area contributed by atoms with E-state index in [9.17, 15) is 4.79 Å². The molecular weight excluding hydrogens is 244 g/mol. The summed E-state index contributed by atoms with van der Waals surface area (Å²) < 4.78 is 0. The predicted molar refractivity (Wildman–Crippen MR) is 77.6 cm³/mol. The average molecular weight is 270 g/mol. The van der Waals surface area contributed by atoms with Gasteiger partial charge in [-0.3, -0.25) is 4.79 Å². The van der Waals surface area contributed by atoms with E-state index < -0.39 is 0 Å². The van der Waals surface area contributed by atoms with Gasteiger partial charge < -0.3 is 10.6 Å². The van der Waals surface area contributed by atoms with Crippen LogP contribution in [-0.2, 0) is 4.79 Å². The van der Waals surface area contributed by atoms with E-state index in [2.05, 4.69) is 18.7 Å². The molecule has 104 valence electrons. The predicted octanol–water partition coefficient (Wildman–Crippen LogP) is 2.11. The lowest BCUT2D eigenvalue weighted by atomic mass is 9.70. The maximum atomic E-state index is 12.8. The summed E-state index contributed by atoms with van der Waals surface area (Å²) in [5.74, 6) is 2.17. The fourth-order valence-corrected chi connectivity index (χ4v) is 4.17. The normalized spacial score (nSPS) is 37.6. The number of thioether (sulfide) groups is 1. The lowest BCUT2D eigenvalue weighted by Crippen LogP contribution is -2.52.